The number of carbonyl (C=O) groups is 3. The number of aromatic nitrogens is 1. The second-order valence-corrected chi connectivity index (χ2v) is 9.02. The lowest BCUT2D eigenvalue weighted by Gasteiger charge is -2.12. The Morgan fingerprint density at radius 1 is 1.32 bits per heavy atom. The summed E-state index contributed by atoms with van der Waals surface area (Å²) in [5, 5.41) is 17.8. The molecule has 0 aliphatic heterocycles. The van der Waals surface area contributed by atoms with Crippen molar-refractivity contribution in [1.82, 2.24) is 15.6 Å². The average molecular weight is 465 g/mol. The number of thiazole rings is 1. The summed E-state index contributed by atoms with van der Waals surface area (Å²) in [6, 6.07) is 3.20. The molecule has 0 bridgehead atoms. The van der Waals surface area contributed by atoms with Gasteiger partial charge in [-0.15, -0.1) is 11.3 Å². The van der Waals surface area contributed by atoms with E-state index in [0.717, 1.165) is 37.4 Å². The number of benzene rings is 1. The first-order chi connectivity index (χ1) is 14.8. The highest BCUT2D eigenvalue weighted by atomic mass is 32.2. The maximum atomic E-state index is 12.5. The molecule has 2 N–H and O–H groups in total. The molecule has 12 heteroatoms. The molecule has 0 radical (unpaired) electrons. The molecule has 1 aliphatic carbocycles. The van der Waals surface area contributed by atoms with Crippen molar-refractivity contribution >= 4 is 46.7 Å². The summed E-state index contributed by atoms with van der Waals surface area (Å²) >= 11 is 2.54. The van der Waals surface area contributed by atoms with Gasteiger partial charge < -0.3 is 10.1 Å². The van der Waals surface area contributed by atoms with Crippen LogP contribution in [-0.2, 0) is 9.53 Å². The number of nitro benzene ring substituents is 1. The number of esters is 1. The average Bonchev–Trinajstić information content (AvgIpc) is 3.37. The topological polar surface area (TPSA) is 141 Å². The smallest absolute Gasteiger partial charge is 0.340 e. The summed E-state index contributed by atoms with van der Waals surface area (Å²) in [4.78, 5) is 51.5. The van der Waals surface area contributed by atoms with Gasteiger partial charge in [0.2, 0.25) is 0 Å². The molecule has 1 fully saturated rings. The van der Waals surface area contributed by atoms with E-state index in [0.29, 0.717) is 9.24 Å². The van der Waals surface area contributed by atoms with Crippen LogP contribution in [0.15, 0.2) is 32.8 Å². The van der Waals surface area contributed by atoms with Crippen LogP contribution in [-0.4, -0.2) is 40.5 Å². The minimum Gasteiger partial charge on any atom is -0.452 e. The number of nitrogens with zero attached hydrogens (tertiary/aromatic N) is 2. The predicted molar refractivity (Wildman–Crippen MR) is 113 cm³/mol. The molecule has 0 unspecified atom stereocenters. The highest BCUT2D eigenvalue weighted by Crippen LogP contribution is 2.34. The molecule has 0 saturated heterocycles. The molecule has 1 heterocycles. The van der Waals surface area contributed by atoms with E-state index >= 15 is 0 Å². The van der Waals surface area contributed by atoms with Gasteiger partial charge in [-0.2, -0.15) is 0 Å². The molecule has 10 nitrogen and oxygen atoms in total. The lowest BCUT2D eigenvalue weighted by Crippen LogP contribution is -2.45. The molecule has 1 aliphatic rings. The van der Waals surface area contributed by atoms with Crippen molar-refractivity contribution < 1.29 is 24.0 Å². The number of non-ortho nitro benzene ring substituents is 1. The Kier molecular flexibility index (Phi) is 7.58. The summed E-state index contributed by atoms with van der Waals surface area (Å²) in [6.45, 7) is 1.13. The minimum atomic E-state index is -0.911. The molecule has 3 amide bonds. The zero-order valence-electron chi connectivity index (χ0n) is 16.6. The van der Waals surface area contributed by atoms with Crippen molar-refractivity contribution in [3.63, 3.8) is 0 Å². The largest absolute Gasteiger partial charge is 0.452 e. The molecular weight excluding hydrogens is 444 g/mol. The second-order valence-electron chi connectivity index (χ2n) is 6.87. The molecule has 164 valence electrons. The summed E-state index contributed by atoms with van der Waals surface area (Å²) in [5.41, 5.74) is 0.466. The fourth-order valence-electron chi connectivity index (χ4n) is 3.02. The Balaban J connectivity index is 1.63. The van der Waals surface area contributed by atoms with Gasteiger partial charge in [-0.1, -0.05) is 24.6 Å². The molecule has 0 spiro atoms. The van der Waals surface area contributed by atoms with Gasteiger partial charge >= 0.3 is 12.0 Å². The number of urea groups is 1. The number of carbonyl (C=O) groups excluding carboxylic acids is 3. The number of amides is 3. The van der Waals surface area contributed by atoms with Gasteiger partial charge in [0, 0.05) is 34.1 Å². The van der Waals surface area contributed by atoms with Crippen LogP contribution in [0.3, 0.4) is 0 Å². The lowest BCUT2D eigenvalue weighted by molar-refractivity contribution is -0.384. The van der Waals surface area contributed by atoms with Crippen LogP contribution in [0.5, 0.6) is 0 Å². The number of hydrogen-bond donors (Lipinski definition) is 2. The van der Waals surface area contributed by atoms with Gasteiger partial charge in [0.1, 0.15) is 0 Å². The van der Waals surface area contributed by atoms with E-state index in [1.165, 1.54) is 35.2 Å². The van der Waals surface area contributed by atoms with E-state index in [-0.39, 0.29) is 17.3 Å². The molecule has 0 atom stereocenters. The first-order valence-corrected chi connectivity index (χ1v) is 11.2. The number of rotatable bonds is 7. The van der Waals surface area contributed by atoms with E-state index < -0.39 is 29.4 Å². The van der Waals surface area contributed by atoms with Crippen molar-refractivity contribution in [1.29, 1.82) is 0 Å². The van der Waals surface area contributed by atoms with Gasteiger partial charge in [-0.25, -0.2) is 14.6 Å². The summed E-state index contributed by atoms with van der Waals surface area (Å²) in [6.07, 6.45) is 3.78. The summed E-state index contributed by atoms with van der Waals surface area (Å²) in [7, 11) is 0. The van der Waals surface area contributed by atoms with Crippen LogP contribution in [0.4, 0.5) is 10.5 Å². The van der Waals surface area contributed by atoms with E-state index in [1.54, 1.807) is 0 Å². The fraction of sp³-hybridized carbons (Fsp3) is 0.368. The number of aryl methyl sites for hydroxylation is 1. The Hall–Kier alpha value is -2.99. The number of ether oxygens (including phenoxy) is 1. The fourth-order valence-corrected chi connectivity index (χ4v) is 4.91. The van der Waals surface area contributed by atoms with Crippen LogP contribution in [0.2, 0.25) is 0 Å². The first-order valence-electron chi connectivity index (χ1n) is 9.47. The van der Waals surface area contributed by atoms with Crippen LogP contribution in [0.1, 0.15) is 41.7 Å². The van der Waals surface area contributed by atoms with Crippen molar-refractivity contribution in [2.75, 3.05) is 6.61 Å². The Bertz CT molecular complexity index is 1000. The van der Waals surface area contributed by atoms with Crippen LogP contribution in [0, 0.1) is 17.0 Å². The minimum absolute atomic E-state index is 0.0364. The van der Waals surface area contributed by atoms with Gasteiger partial charge in [0.25, 0.3) is 11.6 Å². The van der Waals surface area contributed by atoms with E-state index in [4.69, 9.17) is 4.74 Å². The molecular formula is C19H20N4O6S2. The molecule has 31 heavy (non-hydrogen) atoms. The van der Waals surface area contributed by atoms with Crippen LogP contribution in [0.25, 0.3) is 0 Å². The van der Waals surface area contributed by atoms with Gasteiger partial charge in [0.05, 0.1) is 10.5 Å². The molecule has 1 aromatic carbocycles. The monoisotopic (exact) mass is 464 g/mol. The highest BCUT2D eigenvalue weighted by Gasteiger charge is 2.22. The molecule has 3 rings (SSSR count). The van der Waals surface area contributed by atoms with Gasteiger partial charge in [-0.3, -0.25) is 20.2 Å². The van der Waals surface area contributed by atoms with Crippen molar-refractivity contribution in [2.45, 2.75) is 47.9 Å². The number of imide groups is 1. The van der Waals surface area contributed by atoms with Gasteiger partial charge in [-0.05, 0) is 25.8 Å². The van der Waals surface area contributed by atoms with Crippen LogP contribution >= 0.6 is 23.1 Å². The zero-order chi connectivity index (χ0) is 22.4. The third-order valence-electron chi connectivity index (χ3n) is 4.47. The molecule has 1 saturated carbocycles. The second kappa shape index (κ2) is 10.4. The summed E-state index contributed by atoms with van der Waals surface area (Å²) in [5.74, 6) is -1.70. The maximum absolute atomic E-state index is 12.5. The Morgan fingerprint density at radius 3 is 2.71 bits per heavy atom. The van der Waals surface area contributed by atoms with Crippen LogP contribution < -0.4 is 10.6 Å². The third kappa shape index (κ3) is 6.49. The quantitative estimate of drug-likeness (QED) is 0.361. The Labute approximate surface area is 185 Å². The van der Waals surface area contributed by atoms with E-state index in [1.807, 2.05) is 12.3 Å². The van der Waals surface area contributed by atoms with Crippen molar-refractivity contribution in [3.8, 4) is 0 Å². The lowest BCUT2D eigenvalue weighted by atomic mass is 10.2. The summed E-state index contributed by atoms with van der Waals surface area (Å²) < 4.78 is 5.65. The number of nitrogens with one attached hydrogen (secondary N) is 2. The number of nitro groups is 1. The number of hydrogen-bond acceptors (Lipinski definition) is 9. The SMILES string of the molecule is Cc1csc(Sc2ccc([N+](=O)[O-])cc2C(=O)OCC(=O)NC(=O)NC2CCCC2)n1. The first kappa shape index (κ1) is 22.7. The normalized spacial score (nSPS) is 13.6. The highest BCUT2D eigenvalue weighted by molar-refractivity contribution is 8.01. The van der Waals surface area contributed by atoms with E-state index in [2.05, 4.69) is 15.6 Å². The molecule has 2 aromatic rings. The zero-order valence-corrected chi connectivity index (χ0v) is 18.2. The molecule has 1 aromatic heterocycles. The third-order valence-corrected chi connectivity index (χ3v) is 6.60. The standard InChI is InChI=1S/C19H20N4O6S2/c1-11-10-30-19(20-11)31-15-7-6-13(23(27)28)8-14(15)17(25)29-9-16(24)22-18(26)21-12-4-2-3-5-12/h6-8,10,12H,2-5,9H2,1H3,(H2,21,22,24,26). The Morgan fingerprint density at radius 2 is 2.06 bits per heavy atom. The van der Waals surface area contributed by atoms with Crippen molar-refractivity contribution in [2.24, 2.45) is 0 Å². The van der Waals surface area contributed by atoms with Gasteiger partial charge in [0.15, 0.2) is 10.9 Å². The van der Waals surface area contributed by atoms with E-state index in [9.17, 15) is 24.5 Å². The predicted octanol–water partition coefficient (Wildman–Crippen LogP) is 3.44. The maximum Gasteiger partial charge on any atom is 0.340 e. The van der Waals surface area contributed by atoms with Crippen molar-refractivity contribution in [3.05, 3.63) is 45.0 Å².